The zero-order valence-corrected chi connectivity index (χ0v) is 17.8. The third-order valence-corrected chi connectivity index (χ3v) is 5.32. The first kappa shape index (κ1) is 20.1. The predicted octanol–water partition coefficient (Wildman–Crippen LogP) is 5.87. The van der Waals surface area contributed by atoms with Crippen molar-refractivity contribution in [2.75, 3.05) is 5.32 Å². The summed E-state index contributed by atoms with van der Waals surface area (Å²) in [6.45, 7) is 3.49. The number of amides is 1. The molecule has 0 atom stereocenters. The van der Waals surface area contributed by atoms with Crippen molar-refractivity contribution in [3.05, 3.63) is 68.2 Å². The lowest BCUT2D eigenvalue weighted by atomic mass is 9.96. The Kier molecular flexibility index (Phi) is 5.77. The molecule has 1 amide bonds. The average molecular weight is 468 g/mol. The van der Waals surface area contributed by atoms with Gasteiger partial charge in [-0.25, -0.2) is 0 Å². The van der Waals surface area contributed by atoms with Gasteiger partial charge in [-0.2, -0.15) is 0 Å². The Hall–Kier alpha value is -1.66. The molecule has 0 aliphatic carbocycles. The van der Waals surface area contributed by atoms with Gasteiger partial charge in [0.1, 0.15) is 0 Å². The molecule has 2 N–H and O–H groups in total. The van der Waals surface area contributed by atoms with E-state index in [1.807, 2.05) is 12.1 Å². The largest absolute Gasteiger partial charge is 0.390 e. The number of nitrogens with one attached hydrogen (secondary N) is 1. The zero-order chi connectivity index (χ0) is 19.8. The minimum Gasteiger partial charge on any atom is -0.390 e. The van der Waals surface area contributed by atoms with Crippen LogP contribution >= 0.6 is 39.1 Å². The number of aromatic nitrogens is 1. The summed E-state index contributed by atoms with van der Waals surface area (Å²) in [4.78, 5) is 17.2. The molecule has 0 aliphatic rings. The number of anilines is 1. The molecule has 1 heterocycles. The Labute approximate surface area is 175 Å². The second-order valence-corrected chi connectivity index (χ2v) is 8.50. The lowest BCUT2D eigenvalue weighted by molar-refractivity contribution is 0.0811. The average Bonchev–Trinajstić information content (AvgIpc) is 2.56. The van der Waals surface area contributed by atoms with Gasteiger partial charge in [0.05, 0.1) is 32.4 Å². The van der Waals surface area contributed by atoms with E-state index in [1.54, 1.807) is 44.3 Å². The summed E-state index contributed by atoms with van der Waals surface area (Å²) in [5.41, 5.74) is 1.40. The molecule has 3 rings (SSSR count). The fraction of sp³-hybridized carbons (Fsp3) is 0.200. The van der Waals surface area contributed by atoms with Gasteiger partial charge in [-0.3, -0.25) is 9.78 Å². The van der Waals surface area contributed by atoms with Crippen LogP contribution in [0.25, 0.3) is 10.9 Å². The summed E-state index contributed by atoms with van der Waals surface area (Å²) in [7, 11) is 0. The predicted molar refractivity (Wildman–Crippen MR) is 114 cm³/mol. The smallest absolute Gasteiger partial charge is 0.258 e. The lowest BCUT2D eigenvalue weighted by Gasteiger charge is -2.20. The van der Waals surface area contributed by atoms with E-state index in [2.05, 4.69) is 26.2 Å². The summed E-state index contributed by atoms with van der Waals surface area (Å²) >= 11 is 15.8. The molecule has 0 unspecified atom stereocenters. The van der Waals surface area contributed by atoms with Crippen molar-refractivity contribution in [1.82, 2.24) is 4.98 Å². The molecule has 0 radical (unpaired) electrons. The molecule has 0 bridgehead atoms. The van der Waals surface area contributed by atoms with E-state index >= 15 is 0 Å². The van der Waals surface area contributed by atoms with Crippen molar-refractivity contribution in [2.45, 2.75) is 25.9 Å². The number of para-hydroxylation sites is 1. The van der Waals surface area contributed by atoms with Gasteiger partial charge in [0.25, 0.3) is 5.91 Å². The molecule has 0 aliphatic heterocycles. The van der Waals surface area contributed by atoms with Crippen LogP contribution in [0.15, 0.2) is 47.1 Å². The van der Waals surface area contributed by atoms with Crippen LogP contribution in [0.3, 0.4) is 0 Å². The molecule has 7 heteroatoms. The summed E-state index contributed by atoms with van der Waals surface area (Å²) < 4.78 is 0.801. The fourth-order valence-electron chi connectivity index (χ4n) is 2.87. The van der Waals surface area contributed by atoms with Crippen LogP contribution in [0.5, 0.6) is 0 Å². The number of aliphatic hydroxyl groups is 1. The quantitative estimate of drug-likeness (QED) is 0.504. The van der Waals surface area contributed by atoms with Gasteiger partial charge in [0, 0.05) is 22.5 Å². The molecular weight excluding hydrogens is 451 g/mol. The second kappa shape index (κ2) is 7.76. The first-order valence-corrected chi connectivity index (χ1v) is 9.76. The molecule has 0 saturated heterocycles. The SMILES string of the molecule is CC(C)(O)Cc1c(Br)cnc2c(NC(=O)c3c(Cl)cccc3Cl)cccc12. The third kappa shape index (κ3) is 4.43. The fourth-order valence-corrected chi connectivity index (χ4v) is 3.89. The normalized spacial score (nSPS) is 11.6. The number of hydrogen-bond acceptors (Lipinski definition) is 3. The third-order valence-electron chi connectivity index (χ3n) is 4.00. The maximum absolute atomic E-state index is 12.7. The highest BCUT2D eigenvalue weighted by Gasteiger charge is 2.20. The zero-order valence-electron chi connectivity index (χ0n) is 14.7. The monoisotopic (exact) mass is 466 g/mol. The van der Waals surface area contributed by atoms with E-state index < -0.39 is 11.5 Å². The minimum atomic E-state index is -0.888. The van der Waals surface area contributed by atoms with Gasteiger partial charge >= 0.3 is 0 Å². The Morgan fingerprint density at radius 3 is 2.44 bits per heavy atom. The molecule has 4 nitrogen and oxygen atoms in total. The maximum Gasteiger partial charge on any atom is 0.258 e. The van der Waals surface area contributed by atoms with Gasteiger partial charge in [0.15, 0.2) is 0 Å². The topological polar surface area (TPSA) is 62.2 Å². The van der Waals surface area contributed by atoms with Crippen molar-refractivity contribution < 1.29 is 9.90 Å². The Bertz CT molecular complexity index is 1010. The van der Waals surface area contributed by atoms with E-state index in [-0.39, 0.29) is 15.6 Å². The van der Waals surface area contributed by atoms with Gasteiger partial charge in [-0.15, -0.1) is 0 Å². The molecule has 27 heavy (non-hydrogen) atoms. The van der Waals surface area contributed by atoms with E-state index in [0.717, 1.165) is 15.4 Å². The summed E-state index contributed by atoms with van der Waals surface area (Å²) in [6.07, 6.45) is 2.10. The maximum atomic E-state index is 12.7. The second-order valence-electron chi connectivity index (χ2n) is 6.83. The van der Waals surface area contributed by atoms with Crippen LogP contribution in [-0.4, -0.2) is 21.6 Å². The number of rotatable bonds is 4. The van der Waals surface area contributed by atoms with Gasteiger partial charge in [-0.1, -0.05) is 41.4 Å². The molecule has 0 saturated carbocycles. The van der Waals surface area contributed by atoms with Crippen molar-refractivity contribution in [2.24, 2.45) is 0 Å². The number of benzene rings is 2. The van der Waals surface area contributed by atoms with Gasteiger partial charge in [0.2, 0.25) is 0 Å². The molecule has 0 fully saturated rings. The van der Waals surface area contributed by atoms with Crippen LogP contribution in [0.4, 0.5) is 5.69 Å². The Morgan fingerprint density at radius 2 is 1.81 bits per heavy atom. The van der Waals surface area contributed by atoms with Gasteiger partial charge < -0.3 is 10.4 Å². The van der Waals surface area contributed by atoms with Crippen LogP contribution in [0.2, 0.25) is 10.0 Å². The lowest BCUT2D eigenvalue weighted by Crippen LogP contribution is -2.22. The van der Waals surface area contributed by atoms with Crippen LogP contribution in [0.1, 0.15) is 29.8 Å². The molecule has 0 spiro atoms. The number of nitrogens with zero attached hydrogens (tertiary/aromatic N) is 1. The van der Waals surface area contributed by atoms with Crippen LogP contribution < -0.4 is 5.32 Å². The molecular formula is C20H17BrCl2N2O2. The van der Waals surface area contributed by atoms with Crippen molar-refractivity contribution in [3.8, 4) is 0 Å². The van der Waals surface area contributed by atoms with E-state index in [1.165, 1.54) is 0 Å². The number of halogens is 3. The molecule has 140 valence electrons. The van der Waals surface area contributed by atoms with Crippen LogP contribution in [0, 0.1) is 0 Å². The number of carbonyl (C=O) groups excluding carboxylic acids is 1. The molecule has 3 aromatic rings. The highest BCUT2D eigenvalue weighted by atomic mass is 79.9. The van der Waals surface area contributed by atoms with E-state index in [0.29, 0.717) is 17.6 Å². The van der Waals surface area contributed by atoms with E-state index in [9.17, 15) is 9.90 Å². The van der Waals surface area contributed by atoms with Crippen molar-refractivity contribution >= 4 is 61.6 Å². The van der Waals surface area contributed by atoms with Crippen molar-refractivity contribution in [1.29, 1.82) is 0 Å². The number of pyridine rings is 1. The first-order chi connectivity index (χ1) is 12.7. The first-order valence-electron chi connectivity index (χ1n) is 8.21. The number of hydrogen-bond donors (Lipinski definition) is 2. The summed E-state index contributed by atoms with van der Waals surface area (Å²) in [6, 6.07) is 10.4. The summed E-state index contributed by atoms with van der Waals surface area (Å²) in [5.74, 6) is -0.410. The standard InChI is InChI=1S/C20H17BrCl2N2O2/c1-20(2,27)9-12-11-5-3-8-16(18(11)24-10-13(12)21)25-19(26)17-14(22)6-4-7-15(17)23/h3-8,10,27H,9H2,1-2H3,(H,25,26). The van der Waals surface area contributed by atoms with Gasteiger partial charge in [-0.05, 0) is 53.5 Å². The summed E-state index contributed by atoms with van der Waals surface area (Å²) in [5, 5.41) is 14.5. The van der Waals surface area contributed by atoms with Crippen LogP contribution in [-0.2, 0) is 6.42 Å². The Balaban J connectivity index is 2.06. The highest BCUT2D eigenvalue weighted by Crippen LogP contribution is 2.32. The highest BCUT2D eigenvalue weighted by molar-refractivity contribution is 9.10. The molecule has 1 aromatic heterocycles. The van der Waals surface area contributed by atoms with E-state index in [4.69, 9.17) is 23.2 Å². The number of carbonyl (C=O) groups is 1. The Morgan fingerprint density at radius 1 is 1.19 bits per heavy atom. The minimum absolute atomic E-state index is 0.215. The number of fused-ring (bicyclic) bond motifs is 1. The van der Waals surface area contributed by atoms with Crippen molar-refractivity contribution in [3.63, 3.8) is 0 Å². The molecule has 2 aromatic carbocycles.